The van der Waals surface area contributed by atoms with Crippen molar-refractivity contribution in [1.29, 1.82) is 0 Å². The molecule has 0 atom stereocenters. The number of H-pyrrole nitrogens is 1. The summed E-state index contributed by atoms with van der Waals surface area (Å²) in [6.07, 6.45) is 1.79. The molecule has 4 nitrogen and oxygen atoms in total. The number of aromatic nitrogens is 2. The molecule has 0 fully saturated rings. The Hall–Kier alpha value is -1.88. The maximum Gasteiger partial charge on any atom is 0.276 e. The first kappa shape index (κ1) is 13.5. The molecule has 1 aromatic carbocycles. The quantitative estimate of drug-likeness (QED) is 0.902. The summed E-state index contributed by atoms with van der Waals surface area (Å²) in [5.41, 5.74) is 1.51. The largest absolute Gasteiger partial charge is 0.320 e. The van der Waals surface area contributed by atoms with E-state index in [0.717, 1.165) is 18.5 Å². The van der Waals surface area contributed by atoms with Gasteiger partial charge in [-0.15, -0.1) is 0 Å². The van der Waals surface area contributed by atoms with Crippen molar-refractivity contribution in [2.75, 3.05) is 5.32 Å². The van der Waals surface area contributed by atoms with Crippen LogP contribution in [0.3, 0.4) is 0 Å². The third kappa shape index (κ3) is 3.32. The zero-order chi connectivity index (χ0) is 13.8. The van der Waals surface area contributed by atoms with E-state index in [-0.39, 0.29) is 16.6 Å². The first-order valence-corrected chi connectivity index (χ1v) is 6.28. The van der Waals surface area contributed by atoms with Crippen molar-refractivity contribution in [3.63, 3.8) is 0 Å². The number of amides is 1. The highest BCUT2D eigenvalue weighted by Crippen LogP contribution is 2.19. The molecule has 2 rings (SSSR count). The fraction of sp³-hybridized carbons (Fsp3) is 0.231. The van der Waals surface area contributed by atoms with E-state index in [1.165, 1.54) is 18.2 Å². The Morgan fingerprint density at radius 2 is 2.26 bits per heavy atom. The molecule has 19 heavy (non-hydrogen) atoms. The Kier molecular flexibility index (Phi) is 4.16. The molecular weight excluding hydrogens is 269 g/mol. The molecule has 1 amide bonds. The lowest BCUT2D eigenvalue weighted by Gasteiger charge is -2.03. The van der Waals surface area contributed by atoms with Crippen LogP contribution in [-0.2, 0) is 6.42 Å². The minimum atomic E-state index is -0.576. The zero-order valence-electron chi connectivity index (χ0n) is 10.3. The molecule has 2 N–H and O–H groups in total. The first-order chi connectivity index (χ1) is 9.10. The normalized spacial score (nSPS) is 10.5. The van der Waals surface area contributed by atoms with Crippen molar-refractivity contribution in [3.8, 4) is 0 Å². The molecule has 2 aromatic rings. The van der Waals surface area contributed by atoms with Crippen molar-refractivity contribution in [2.24, 2.45) is 0 Å². The van der Waals surface area contributed by atoms with Gasteiger partial charge in [0.1, 0.15) is 5.82 Å². The van der Waals surface area contributed by atoms with Gasteiger partial charge in [-0.1, -0.05) is 24.9 Å². The second-order valence-corrected chi connectivity index (χ2v) is 4.52. The second-order valence-electron chi connectivity index (χ2n) is 4.11. The molecule has 0 unspecified atom stereocenters. The number of aryl methyl sites for hydroxylation is 1. The molecule has 6 heteroatoms. The predicted molar refractivity (Wildman–Crippen MR) is 71.9 cm³/mol. The number of benzene rings is 1. The maximum absolute atomic E-state index is 13.2. The van der Waals surface area contributed by atoms with E-state index in [2.05, 4.69) is 15.5 Å². The molecule has 0 radical (unpaired) electrons. The van der Waals surface area contributed by atoms with E-state index in [1.807, 2.05) is 6.92 Å². The van der Waals surface area contributed by atoms with Crippen LogP contribution in [0, 0.1) is 5.82 Å². The highest BCUT2D eigenvalue weighted by Gasteiger charge is 2.11. The molecule has 0 aliphatic rings. The van der Waals surface area contributed by atoms with Crippen LogP contribution in [0.15, 0.2) is 24.3 Å². The van der Waals surface area contributed by atoms with Gasteiger partial charge < -0.3 is 5.32 Å². The zero-order valence-corrected chi connectivity index (χ0v) is 11.1. The average molecular weight is 282 g/mol. The van der Waals surface area contributed by atoms with Crippen LogP contribution in [0.1, 0.15) is 29.5 Å². The highest BCUT2D eigenvalue weighted by molar-refractivity contribution is 6.30. The first-order valence-electron chi connectivity index (χ1n) is 5.91. The van der Waals surface area contributed by atoms with E-state index in [4.69, 9.17) is 11.6 Å². The molecule has 0 spiro atoms. The molecule has 0 saturated heterocycles. The predicted octanol–water partition coefficient (Wildman–Crippen LogP) is 3.41. The number of nitrogens with one attached hydrogen (secondary N) is 2. The van der Waals surface area contributed by atoms with E-state index in [1.54, 1.807) is 6.07 Å². The number of hydrogen-bond donors (Lipinski definition) is 2. The van der Waals surface area contributed by atoms with Gasteiger partial charge in [-0.05, 0) is 30.7 Å². The molecule has 0 aliphatic heterocycles. The van der Waals surface area contributed by atoms with Gasteiger partial charge in [0.2, 0.25) is 0 Å². The molecule has 1 aromatic heterocycles. The van der Waals surface area contributed by atoms with Gasteiger partial charge in [0.15, 0.2) is 5.69 Å². The SMILES string of the molecule is CCCc1cc(C(=O)Nc2ccc(Cl)c(F)c2)n[nH]1. The van der Waals surface area contributed by atoms with Gasteiger partial charge in [0, 0.05) is 11.4 Å². The van der Waals surface area contributed by atoms with Crippen molar-refractivity contribution in [1.82, 2.24) is 10.2 Å². The average Bonchev–Trinajstić information content (AvgIpc) is 2.83. The molecule has 0 saturated carbocycles. The summed E-state index contributed by atoms with van der Waals surface area (Å²) in [5, 5.41) is 9.28. The number of carbonyl (C=O) groups excluding carboxylic acids is 1. The summed E-state index contributed by atoms with van der Waals surface area (Å²) in [5.74, 6) is -0.964. The molecule has 0 aliphatic carbocycles. The van der Waals surface area contributed by atoms with Crippen LogP contribution < -0.4 is 5.32 Å². The van der Waals surface area contributed by atoms with Gasteiger partial charge in [-0.2, -0.15) is 5.10 Å². The fourth-order valence-electron chi connectivity index (χ4n) is 1.64. The smallest absolute Gasteiger partial charge is 0.276 e. The van der Waals surface area contributed by atoms with Crippen LogP contribution in [0.25, 0.3) is 0 Å². The summed E-state index contributed by atoms with van der Waals surface area (Å²) in [4.78, 5) is 11.9. The van der Waals surface area contributed by atoms with Gasteiger partial charge >= 0.3 is 0 Å². The van der Waals surface area contributed by atoms with Crippen molar-refractivity contribution in [3.05, 3.63) is 46.5 Å². The van der Waals surface area contributed by atoms with E-state index in [0.29, 0.717) is 5.69 Å². The minimum Gasteiger partial charge on any atom is -0.320 e. The van der Waals surface area contributed by atoms with Crippen LogP contribution in [-0.4, -0.2) is 16.1 Å². The lowest BCUT2D eigenvalue weighted by atomic mass is 10.2. The van der Waals surface area contributed by atoms with Gasteiger partial charge in [0.25, 0.3) is 5.91 Å². The third-order valence-corrected chi connectivity index (χ3v) is 2.87. The number of halogens is 2. The van der Waals surface area contributed by atoms with E-state index < -0.39 is 5.82 Å². The second kappa shape index (κ2) is 5.84. The molecule has 0 bridgehead atoms. The van der Waals surface area contributed by atoms with E-state index >= 15 is 0 Å². The Morgan fingerprint density at radius 3 is 2.95 bits per heavy atom. The Morgan fingerprint density at radius 1 is 1.47 bits per heavy atom. The lowest BCUT2D eigenvalue weighted by Crippen LogP contribution is -2.12. The number of aromatic amines is 1. The van der Waals surface area contributed by atoms with E-state index in [9.17, 15) is 9.18 Å². The van der Waals surface area contributed by atoms with Gasteiger partial charge in [-0.25, -0.2) is 4.39 Å². The Labute approximate surface area is 115 Å². The molecule has 100 valence electrons. The molecule has 1 heterocycles. The highest BCUT2D eigenvalue weighted by atomic mass is 35.5. The molecular formula is C13H13ClFN3O. The Balaban J connectivity index is 2.09. The topological polar surface area (TPSA) is 57.8 Å². The third-order valence-electron chi connectivity index (χ3n) is 2.56. The van der Waals surface area contributed by atoms with Crippen LogP contribution >= 0.6 is 11.6 Å². The number of hydrogen-bond acceptors (Lipinski definition) is 2. The number of anilines is 1. The minimum absolute atomic E-state index is 0.0167. The van der Waals surface area contributed by atoms with Gasteiger partial charge in [0.05, 0.1) is 5.02 Å². The van der Waals surface area contributed by atoms with Crippen LogP contribution in [0.5, 0.6) is 0 Å². The standard InChI is InChI=1S/C13H13ClFN3O/c1-2-3-9-7-12(18-17-9)13(19)16-8-4-5-10(14)11(15)6-8/h4-7H,2-3H2,1H3,(H,16,19)(H,17,18). The van der Waals surface area contributed by atoms with Crippen LogP contribution in [0.4, 0.5) is 10.1 Å². The summed E-state index contributed by atoms with van der Waals surface area (Å²) >= 11 is 5.57. The Bertz CT molecular complexity index is 597. The number of carbonyl (C=O) groups is 1. The summed E-state index contributed by atoms with van der Waals surface area (Å²) in [7, 11) is 0. The summed E-state index contributed by atoms with van der Waals surface area (Å²) in [6.45, 7) is 2.04. The fourth-order valence-corrected chi connectivity index (χ4v) is 1.76. The number of nitrogens with zero attached hydrogens (tertiary/aromatic N) is 1. The monoisotopic (exact) mass is 281 g/mol. The van der Waals surface area contributed by atoms with Crippen LogP contribution in [0.2, 0.25) is 5.02 Å². The number of rotatable bonds is 4. The van der Waals surface area contributed by atoms with Gasteiger partial charge in [-0.3, -0.25) is 9.89 Å². The lowest BCUT2D eigenvalue weighted by molar-refractivity contribution is 0.102. The summed E-state index contributed by atoms with van der Waals surface area (Å²) < 4.78 is 13.2. The summed E-state index contributed by atoms with van der Waals surface area (Å²) in [6, 6.07) is 5.77. The van der Waals surface area contributed by atoms with Crippen molar-refractivity contribution in [2.45, 2.75) is 19.8 Å². The van der Waals surface area contributed by atoms with Crippen molar-refractivity contribution >= 4 is 23.2 Å². The van der Waals surface area contributed by atoms with Crippen molar-refractivity contribution < 1.29 is 9.18 Å². The maximum atomic E-state index is 13.2.